The van der Waals surface area contributed by atoms with E-state index in [1.54, 1.807) is 6.07 Å². The number of carbonyl (C=O) groups is 1. The van der Waals surface area contributed by atoms with Crippen molar-refractivity contribution in [3.63, 3.8) is 0 Å². The van der Waals surface area contributed by atoms with Gasteiger partial charge >= 0.3 is 5.97 Å². The number of aromatic carboxylic acids is 1. The van der Waals surface area contributed by atoms with Crippen LogP contribution in [-0.4, -0.2) is 26.0 Å². The number of nitrogens with zero attached hydrogens (tertiary/aromatic N) is 4. The minimum atomic E-state index is -1.42. The van der Waals surface area contributed by atoms with Crippen molar-refractivity contribution in [2.24, 2.45) is 0 Å². The molecule has 1 heterocycles. The Labute approximate surface area is 122 Å². The van der Waals surface area contributed by atoms with Crippen molar-refractivity contribution in [1.29, 1.82) is 5.26 Å². The third-order valence-corrected chi connectivity index (χ3v) is 2.77. The fourth-order valence-electron chi connectivity index (χ4n) is 1.83. The predicted molar refractivity (Wildman–Crippen MR) is 74.6 cm³/mol. The molecule has 2 aromatic rings. The Morgan fingerprint density at radius 3 is 2.59 bits per heavy atom. The van der Waals surface area contributed by atoms with Crippen LogP contribution in [0.5, 0.6) is 0 Å². The summed E-state index contributed by atoms with van der Waals surface area (Å²) >= 11 is 0. The Morgan fingerprint density at radius 2 is 2.05 bits per heavy atom. The standard InChI is InChI=1S/C12H8N6O4/c13-4-8-9(16-12(15)17-10(8)14)6-2-1-5(18(21)22)3-7(6)11(19)20/h1-3H,(H,19,20)(H4,14,15,16,17). The summed E-state index contributed by atoms with van der Waals surface area (Å²) in [5.74, 6) is -1.88. The molecule has 0 aliphatic heterocycles. The second-order valence-electron chi connectivity index (χ2n) is 4.09. The Morgan fingerprint density at radius 1 is 1.36 bits per heavy atom. The number of non-ortho nitro benzene ring substituents is 1. The maximum absolute atomic E-state index is 11.3. The number of hydrogen-bond donors (Lipinski definition) is 3. The SMILES string of the molecule is N#Cc1c(N)nc(N)nc1-c1ccc([N+](=O)[O-])cc1C(=O)O. The van der Waals surface area contributed by atoms with Gasteiger partial charge in [-0.3, -0.25) is 10.1 Å². The van der Waals surface area contributed by atoms with Gasteiger partial charge in [-0.1, -0.05) is 0 Å². The van der Waals surface area contributed by atoms with E-state index in [-0.39, 0.29) is 28.6 Å². The molecule has 0 fully saturated rings. The summed E-state index contributed by atoms with van der Waals surface area (Å²) in [6.07, 6.45) is 0. The zero-order chi connectivity index (χ0) is 16.4. The molecule has 0 saturated heterocycles. The summed E-state index contributed by atoms with van der Waals surface area (Å²) in [5.41, 5.74) is 9.94. The number of nitro benzene ring substituents is 1. The van der Waals surface area contributed by atoms with Crippen LogP contribution in [-0.2, 0) is 0 Å². The highest BCUT2D eigenvalue weighted by molar-refractivity contribution is 5.97. The van der Waals surface area contributed by atoms with Crippen molar-refractivity contribution in [2.75, 3.05) is 11.5 Å². The van der Waals surface area contributed by atoms with Gasteiger partial charge in [-0.05, 0) is 6.07 Å². The van der Waals surface area contributed by atoms with Gasteiger partial charge in [-0.2, -0.15) is 10.2 Å². The van der Waals surface area contributed by atoms with Crippen molar-refractivity contribution in [1.82, 2.24) is 9.97 Å². The number of rotatable bonds is 3. The number of nitrogen functional groups attached to an aromatic ring is 2. The molecule has 0 atom stereocenters. The molecule has 5 N–H and O–H groups in total. The van der Waals surface area contributed by atoms with Gasteiger partial charge in [0.15, 0.2) is 0 Å². The summed E-state index contributed by atoms with van der Waals surface area (Å²) in [6.45, 7) is 0. The largest absolute Gasteiger partial charge is 0.478 e. The van der Waals surface area contributed by atoms with Gasteiger partial charge in [0.25, 0.3) is 5.69 Å². The van der Waals surface area contributed by atoms with Gasteiger partial charge in [0.2, 0.25) is 5.95 Å². The first-order valence-electron chi connectivity index (χ1n) is 5.70. The van der Waals surface area contributed by atoms with Crippen LogP contribution in [0.25, 0.3) is 11.3 Å². The van der Waals surface area contributed by atoms with E-state index in [1.165, 1.54) is 6.07 Å². The lowest BCUT2D eigenvalue weighted by Gasteiger charge is -2.09. The second-order valence-corrected chi connectivity index (χ2v) is 4.09. The van der Waals surface area contributed by atoms with Gasteiger partial charge in [-0.15, -0.1) is 0 Å². The Balaban J connectivity index is 2.81. The Kier molecular flexibility index (Phi) is 3.55. The highest BCUT2D eigenvalue weighted by Gasteiger charge is 2.22. The van der Waals surface area contributed by atoms with Gasteiger partial charge in [0.05, 0.1) is 16.2 Å². The molecule has 110 valence electrons. The fraction of sp³-hybridized carbons (Fsp3) is 0. The lowest BCUT2D eigenvalue weighted by Crippen LogP contribution is -2.08. The van der Waals surface area contributed by atoms with E-state index in [0.717, 1.165) is 12.1 Å². The molecule has 0 radical (unpaired) electrons. The molecular formula is C12H8N6O4. The fourth-order valence-corrected chi connectivity index (χ4v) is 1.83. The molecule has 0 aliphatic rings. The number of nitrogens with two attached hydrogens (primary N) is 2. The lowest BCUT2D eigenvalue weighted by atomic mass is 10.00. The predicted octanol–water partition coefficient (Wildman–Crippen LogP) is 0.786. The van der Waals surface area contributed by atoms with Crippen molar-refractivity contribution in [3.05, 3.63) is 39.4 Å². The Bertz CT molecular complexity index is 842. The summed E-state index contributed by atoms with van der Waals surface area (Å²) in [5, 5.41) is 29.1. The summed E-state index contributed by atoms with van der Waals surface area (Å²) in [7, 11) is 0. The minimum absolute atomic E-state index is 0.0181. The maximum Gasteiger partial charge on any atom is 0.336 e. The molecule has 0 saturated carbocycles. The number of hydrogen-bond acceptors (Lipinski definition) is 8. The third kappa shape index (κ3) is 2.46. The normalized spacial score (nSPS) is 9.95. The quantitative estimate of drug-likeness (QED) is 0.544. The number of carboxylic acids is 1. The molecular weight excluding hydrogens is 292 g/mol. The molecule has 0 bridgehead atoms. The molecule has 0 unspecified atom stereocenters. The molecule has 0 amide bonds. The van der Waals surface area contributed by atoms with Crippen LogP contribution >= 0.6 is 0 Å². The van der Waals surface area contributed by atoms with Crippen LogP contribution in [0.1, 0.15) is 15.9 Å². The molecule has 1 aromatic carbocycles. The van der Waals surface area contributed by atoms with Gasteiger partial charge in [0.1, 0.15) is 17.5 Å². The number of nitriles is 1. The molecule has 10 nitrogen and oxygen atoms in total. The first-order valence-corrected chi connectivity index (χ1v) is 5.70. The third-order valence-electron chi connectivity index (χ3n) is 2.77. The molecule has 0 spiro atoms. The van der Waals surface area contributed by atoms with Gasteiger partial charge in [-0.25, -0.2) is 9.78 Å². The van der Waals surface area contributed by atoms with Gasteiger partial charge < -0.3 is 16.6 Å². The lowest BCUT2D eigenvalue weighted by molar-refractivity contribution is -0.384. The first kappa shape index (κ1) is 14.7. The second kappa shape index (κ2) is 5.33. The van der Waals surface area contributed by atoms with E-state index in [4.69, 9.17) is 16.7 Å². The number of benzene rings is 1. The van der Waals surface area contributed by atoms with E-state index < -0.39 is 22.1 Å². The smallest absolute Gasteiger partial charge is 0.336 e. The van der Waals surface area contributed by atoms with E-state index in [2.05, 4.69) is 9.97 Å². The first-order chi connectivity index (χ1) is 10.3. The molecule has 1 aromatic heterocycles. The number of nitro groups is 1. The van der Waals surface area contributed by atoms with Crippen molar-refractivity contribution < 1.29 is 14.8 Å². The number of aromatic nitrogens is 2. The monoisotopic (exact) mass is 300 g/mol. The van der Waals surface area contributed by atoms with Crippen molar-refractivity contribution >= 4 is 23.4 Å². The van der Waals surface area contributed by atoms with Crippen LogP contribution in [0.15, 0.2) is 18.2 Å². The zero-order valence-corrected chi connectivity index (χ0v) is 10.8. The van der Waals surface area contributed by atoms with E-state index in [1.807, 2.05) is 0 Å². The summed E-state index contributed by atoms with van der Waals surface area (Å²) < 4.78 is 0. The van der Waals surface area contributed by atoms with Crippen LogP contribution in [0.2, 0.25) is 0 Å². The average molecular weight is 300 g/mol. The Hall–Kier alpha value is -3.74. The van der Waals surface area contributed by atoms with Crippen LogP contribution in [0.4, 0.5) is 17.5 Å². The van der Waals surface area contributed by atoms with Crippen molar-refractivity contribution in [3.8, 4) is 17.3 Å². The average Bonchev–Trinajstić information content (AvgIpc) is 2.45. The number of carboxylic acid groups (broad SMARTS) is 1. The summed E-state index contributed by atoms with van der Waals surface area (Å²) in [4.78, 5) is 28.8. The van der Waals surface area contributed by atoms with Crippen molar-refractivity contribution in [2.45, 2.75) is 0 Å². The molecule has 2 rings (SSSR count). The molecule has 10 heteroatoms. The minimum Gasteiger partial charge on any atom is -0.478 e. The zero-order valence-electron chi connectivity index (χ0n) is 10.8. The van der Waals surface area contributed by atoms with Crippen LogP contribution < -0.4 is 11.5 Å². The van der Waals surface area contributed by atoms with Gasteiger partial charge in [0, 0.05) is 17.7 Å². The number of anilines is 2. The maximum atomic E-state index is 11.3. The topological polar surface area (TPSA) is 182 Å². The van der Waals surface area contributed by atoms with E-state index >= 15 is 0 Å². The highest BCUT2D eigenvalue weighted by Crippen LogP contribution is 2.30. The molecule has 22 heavy (non-hydrogen) atoms. The van der Waals surface area contributed by atoms with Crippen LogP contribution in [0, 0.1) is 21.4 Å². The summed E-state index contributed by atoms with van der Waals surface area (Å²) in [6, 6.07) is 4.89. The van der Waals surface area contributed by atoms with Crippen LogP contribution in [0.3, 0.4) is 0 Å². The molecule has 0 aliphatic carbocycles. The van der Waals surface area contributed by atoms with E-state index in [0.29, 0.717) is 0 Å². The highest BCUT2D eigenvalue weighted by atomic mass is 16.6. The van der Waals surface area contributed by atoms with E-state index in [9.17, 15) is 20.0 Å².